The molecule has 4 heterocycles. The lowest BCUT2D eigenvalue weighted by Gasteiger charge is -2.35. The van der Waals surface area contributed by atoms with Crippen molar-refractivity contribution in [1.29, 1.82) is 0 Å². The fourth-order valence-electron chi connectivity index (χ4n) is 4.16. The zero-order valence-electron chi connectivity index (χ0n) is 15.7. The maximum absolute atomic E-state index is 13.5. The van der Waals surface area contributed by atoms with Crippen LogP contribution in [0.25, 0.3) is 21.6 Å². The molecule has 1 aliphatic heterocycles. The second-order valence-corrected chi connectivity index (χ2v) is 8.54. The van der Waals surface area contributed by atoms with Crippen LogP contribution < -0.4 is 0 Å². The largest absolute Gasteiger partial charge is 0.338 e. The number of pyridine rings is 1. The fourth-order valence-corrected chi connectivity index (χ4v) is 4.85. The molecule has 0 saturated carbocycles. The number of nitrogens with zero attached hydrogens (tertiary/aromatic N) is 4. The molecular weight excluding hydrogens is 344 g/mol. The first-order valence-corrected chi connectivity index (χ1v) is 9.99. The van der Waals surface area contributed by atoms with E-state index < -0.39 is 0 Å². The zero-order valence-corrected chi connectivity index (χ0v) is 16.5. The Labute approximate surface area is 157 Å². The molecule has 0 aromatic carbocycles. The van der Waals surface area contributed by atoms with Crippen LogP contribution in [0, 0.1) is 18.8 Å². The van der Waals surface area contributed by atoms with Gasteiger partial charge >= 0.3 is 0 Å². The summed E-state index contributed by atoms with van der Waals surface area (Å²) >= 11 is 1.64. The summed E-state index contributed by atoms with van der Waals surface area (Å²) in [6.45, 7) is 8.04. The van der Waals surface area contributed by atoms with Gasteiger partial charge in [-0.05, 0) is 42.7 Å². The molecule has 6 heteroatoms. The topological polar surface area (TPSA) is 51.0 Å². The van der Waals surface area contributed by atoms with Crippen molar-refractivity contribution in [2.24, 2.45) is 18.9 Å². The number of aryl methyl sites for hydroxylation is 2. The first-order valence-electron chi connectivity index (χ1n) is 9.11. The summed E-state index contributed by atoms with van der Waals surface area (Å²) in [7, 11) is 1.89. The molecule has 3 aromatic heterocycles. The van der Waals surface area contributed by atoms with Gasteiger partial charge in [-0.15, -0.1) is 11.3 Å². The van der Waals surface area contributed by atoms with Crippen LogP contribution in [0.5, 0.6) is 0 Å². The lowest BCUT2D eigenvalue weighted by atomic mass is 9.91. The molecule has 2 atom stereocenters. The molecular formula is C20H24N4OS. The zero-order chi connectivity index (χ0) is 18.4. The van der Waals surface area contributed by atoms with Gasteiger partial charge in [0.05, 0.1) is 27.2 Å². The highest BCUT2D eigenvalue weighted by Gasteiger charge is 2.29. The first kappa shape index (κ1) is 17.2. The third-order valence-corrected chi connectivity index (χ3v) is 6.02. The number of amides is 1. The van der Waals surface area contributed by atoms with E-state index in [1.165, 1.54) is 6.42 Å². The van der Waals surface area contributed by atoms with Crippen LogP contribution in [0.2, 0.25) is 0 Å². The van der Waals surface area contributed by atoms with Gasteiger partial charge in [-0.3, -0.25) is 9.48 Å². The molecule has 0 unspecified atom stereocenters. The quantitative estimate of drug-likeness (QED) is 0.683. The number of rotatable bonds is 2. The van der Waals surface area contributed by atoms with E-state index in [2.05, 4.69) is 18.9 Å². The van der Waals surface area contributed by atoms with Gasteiger partial charge in [-0.1, -0.05) is 19.9 Å². The molecule has 136 valence electrons. The number of hydrogen-bond donors (Lipinski definition) is 0. The average molecular weight is 369 g/mol. The summed E-state index contributed by atoms with van der Waals surface area (Å²) in [5.41, 5.74) is 3.20. The van der Waals surface area contributed by atoms with Crippen LogP contribution in [0.3, 0.4) is 0 Å². The maximum Gasteiger partial charge on any atom is 0.254 e. The predicted octanol–water partition coefficient (Wildman–Crippen LogP) is 4.12. The molecule has 26 heavy (non-hydrogen) atoms. The van der Waals surface area contributed by atoms with E-state index in [4.69, 9.17) is 4.98 Å². The predicted molar refractivity (Wildman–Crippen MR) is 105 cm³/mol. The smallest absolute Gasteiger partial charge is 0.254 e. The molecule has 1 fully saturated rings. The summed E-state index contributed by atoms with van der Waals surface area (Å²) in [6, 6.07) is 6.01. The van der Waals surface area contributed by atoms with Gasteiger partial charge in [0.15, 0.2) is 5.65 Å². The highest BCUT2D eigenvalue weighted by molar-refractivity contribution is 7.13. The van der Waals surface area contributed by atoms with Crippen LogP contribution in [-0.2, 0) is 7.05 Å². The van der Waals surface area contributed by atoms with Crippen molar-refractivity contribution in [3.63, 3.8) is 0 Å². The van der Waals surface area contributed by atoms with Crippen molar-refractivity contribution in [3.8, 4) is 10.6 Å². The summed E-state index contributed by atoms with van der Waals surface area (Å²) in [5, 5.41) is 7.43. The summed E-state index contributed by atoms with van der Waals surface area (Å²) in [6.07, 6.45) is 1.18. The summed E-state index contributed by atoms with van der Waals surface area (Å²) < 4.78 is 1.78. The number of hydrogen-bond acceptors (Lipinski definition) is 4. The van der Waals surface area contributed by atoms with Crippen molar-refractivity contribution in [3.05, 3.63) is 34.8 Å². The van der Waals surface area contributed by atoms with E-state index in [1.807, 2.05) is 42.5 Å². The Bertz CT molecular complexity index is 950. The van der Waals surface area contributed by atoms with Crippen LogP contribution in [0.1, 0.15) is 36.3 Å². The van der Waals surface area contributed by atoms with Crippen molar-refractivity contribution in [2.75, 3.05) is 13.1 Å². The van der Waals surface area contributed by atoms with Gasteiger partial charge in [0, 0.05) is 20.1 Å². The number of carbonyl (C=O) groups excluding carboxylic acids is 1. The Kier molecular flexibility index (Phi) is 4.31. The third-order valence-electron chi connectivity index (χ3n) is 5.13. The molecule has 0 aliphatic carbocycles. The number of fused-ring (bicyclic) bond motifs is 1. The van der Waals surface area contributed by atoms with Gasteiger partial charge in [0.25, 0.3) is 5.91 Å². The second-order valence-electron chi connectivity index (χ2n) is 7.60. The number of piperidine rings is 1. The maximum atomic E-state index is 13.5. The molecule has 5 nitrogen and oxygen atoms in total. The van der Waals surface area contributed by atoms with Crippen LogP contribution in [-0.4, -0.2) is 38.7 Å². The molecule has 4 rings (SSSR count). The third kappa shape index (κ3) is 2.92. The minimum atomic E-state index is 0.102. The van der Waals surface area contributed by atoms with E-state index in [1.54, 1.807) is 16.0 Å². The fraction of sp³-hybridized carbons (Fsp3) is 0.450. The standard InChI is InChI=1S/C20H24N4OS/c1-12-8-13(2)11-24(10-12)20(25)15-9-16(17-6-5-7-26-17)21-19-18(15)14(3)22-23(19)4/h5-7,9,12-13H,8,10-11H2,1-4H3/t12-,13+. The van der Waals surface area contributed by atoms with Crippen molar-refractivity contribution in [2.45, 2.75) is 27.2 Å². The number of likely N-dealkylation sites (tertiary alicyclic amines) is 1. The van der Waals surface area contributed by atoms with Crippen molar-refractivity contribution >= 4 is 28.3 Å². The second kappa shape index (κ2) is 6.50. The van der Waals surface area contributed by atoms with Gasteiger partial charge in [-0.2, -0.15) is 5.10 Å². The Morgan fingerprint density at radius 2 is 2.00 bits per heavy atom. The monoisotopic (exact) mass is 368 g/mol. The van der Waals surface area contributed by atoms with Gasteiger partial charge in [0.1, 0.15) is 0 Å². The minimum absolute atomic E-state index is 0.102. The lowest BCUT2D eigenvalue weighted by molar-refractivity contribution is 0.0625. The molecule has 0 radical (unpaired) electrons. The number of aromatic nitrogens is 3. The summed E-state index contributed by atoms with van der Waals surface area (Å²) in [5.74, 6) is 1.17. The molecule has 0 N–H and O–H groups in total. The molecule has 1 saturated heterocycles. The minimum Gasteiger partial charge on any atom is -0.338 e. The van der Waals surface area contributed by atoms with E-state index in [-0.39, 0.29) is 5.91 Å². The van der Waals surface area contributed by atoms with Crippen LogP contribution >= 0.6 is 11.3 Å². The van der Waals surface area contributed by atoms with Gasteiger partial charge in [-0.25, -0.2) is 4.98 Å². The molecule has 1 aliphatic rings. The van der Waals surface area contributed by atoms with Gasteiger partial charge in [0.2, 0.25) is 0 Å². The number of thiophene rings is 1. The Morgan fingerprint density at radius 1 is 1.27 bits per heavy atom. The van der Waals surface area contributed by atoms with E-state index in [0.717, 1.165) is 46.0 Å². The molecule has 1 amide bonds. The Balaban J connectivity index is 1.86. The van der Waals surface area contributed by atoms with Crippen LogP contribution in [0.4, 0.5) is 0 Å². The molecule has 3 aromatic rings. The SMILES string of the molecule is Cc1nn(C)c2nc(-c3cccs3)cc(C(=O)N3C[C@H](C)C[C@H](C)C3)c12. The Hall–Kier alpha value is -2.21. The highest BCUT2D eigenvalue weighted by atomic mass is 32.1. The van der Waals surface area contributed by atoms with Crippen molar-refractivity contribution < 1.29 is 4.79 Å². The van der Waals surface area contributed by atoms with E-state index in [9.17, 15) is 4.79 Å². The molecule has 0 spiro atoms. The average Bonchev–Trinajstić information content (AvgIpc) is 3.22. The highest BCUT2D eigenvalue weighted by Crippen LogP contribution is 2.31. The normalized spacial score (nSPS) is 20.7. The first-order chi connectivity index (χ1) is 12.4. The lowest BCUT2D eigenvalue weighted by Crippen LogP contribution is -2.42. The molecule has 0 bridgehead atoms. The van der Waals surface area contributed by atoms with E-state index >= 15 is 0 Å². The Morgan fingerprint density at radius 3 is 2.65 bits per heavy atom. The summed E-state index contributed by atoms with van der Waals surface area (Å²) in [4.78, 5) is 21.3. The van der Waals surface area contributed by atoms with Gasteiger partial charge < -0.3 is 4.90 Å². The van der Waals surface area contributed by atoms with Crippen LogP contribution in [0.15, 0.2) is 23.6 Å². The van der Waals surface area contributed by atoms with E-state index in [0.29, 0.717) is 11.8 Å². The number of carbonyl (C=O) groups is 1. The van der Waals surface area contributed by atoms with Crippen molar-refractivity contribution in [1.82, 2.24) is 19.7 Å².